The third kappa shape index (κ3) is 3.30. The van der Waals surface area contributed by atoms with Crippen molar-refractivity contribution in [1.29, 1.82) is 0 Å². The van der Waals surface area contributed by atoms with E-state index in [-0.39, 0.29) is 22.2 Å². The van der Waals surface area contributed by atoms with Gasteiger partial charge in [-0.15, -0.1) is 0 Å². The van der Waals surface area contributed by atoms with E-state index in [0.717, 1.165) is 33.8 Å². The molecule has 23 heavy (non-hydrogen) atoms. The van der Waals surface area contributed by atoms with Crippen LogP contribution in [0.1, 0.15) is 84.6 Å². The summed E-state index contributed by atoms with van der Waals surface area (Å²) in [6.07, 6.45) is 0. The van der Waals surface area contributed by atoms with E-state index in [1.165, 1.54) is 0 Å². The van der Waals surface area contributed by atoms with Gasteiger partial charge in [-0.25, -0.2) is 4.39 Å². The Hall–Kier alpha value is -0.600. The van der Waals surface area contributed by atoms with Gasteiger partial charge < -0.3 is 0 Å². The molecular formula is C20H31ClFN. The predicted octanol–water partition coefficient (Wildman–Crippen LogP) is 6.19. The van der Waals surface area contributed by atoms with Crippen LogP contribution in [0.25, 0.3) is 0 Å². The van der Waals surface area contributed by atoms with Crippen LogP contribution in [-0.2, 0) is 23.9 Å². The zero-order chi connectivity index (χ0) is 18.0. The Kier molecular flexibility index (Phi) is 4.44. The smallest absolute Gasteiger partial charge is 0.132 e. The van der Waals surface area contributed by atoms with Gasteiger partial charge in [0, 0.05) is 29.2 Å². The second-order valence-corrected chi connectivity index (χ2v) is 10.2. The molecule has 0 saturated heterocycles. The summed E-state index contributed by atoms with van der Waals surface area (Å²) in [6.45, 7) is 20.4. The number of benzene rings is 1. The van der Waals surface area contributed by atoms with Crippen LogP contribution in [0.3, 0.4) is 0 Å². The molecule has 1 aliphatic rings. The van der Waals surface area contributed by atoms with Crippen molar-refractivity contribution in [2.75, 3.05) is 0 Å². The van der Waals surface area contributed by atoms with Gasteiger partial charge in [0.05, 0.1) is 0 Å². The first kappa shape index (κ1) is 18.7. The lowest BCUT2D eigenvalue weighted by Crippen LogP contribution is -2.36. The highest BCUT2D eigenvalue weighted by Crippen LogP contribution is 2.46. The Bertz CT molecular complexity index is 578. The largest absolute Gasteiger partial charge is 0.290 e. The molecule has 0 atom stereocenters. The molecule has 0 aliphatic carbocycles. The fraction of sp³-hybridized carbons (Fsp3) is 0.700. The van der Waals surface area contributed by atoms with Gasteiger partial charge in [-0.2, -0.15) is 0 Å². The Balaban J connectivity index is 2.78. The van der Waals surface area contributed by atoms with Crippen LogP contribution in [0.2, 0.25) is 5.02 Å². The van der Waals surface area contributed by atoms with E-state index in [4.69, 9.17) is 11.6 Å². The average molecular weight is 340 g/mol. The third-order valence-corrected chi connectivity index (χ3v) is 5.15. The van der Waals surface area contributed by atoms with Crippen LogP contribution < -0.4 is 0 Å². The number of rotatable bonds is 0. The molecule has 0 fully saturated rings. The number of hydrogen-bond acceptors (Lipinski definition) is 1. The van der Waals surface area contributed by atoms with Gasteiger partial charge >= 0.3 is 0 Å². The predicted molar refractivity (Wildman–Crippen MR) is 97.8 cm³/mol. The molecule has 0 radical (unpaired) electrons. The quantitative estimate of drug-likeness (QED) is 0.544. The van der Waals surface area contributed by atoms with E-state index in [1.54, 1.807) is 0 Å². The van der Waals surface area contributed by atoms with Crippen LogP contribution in [-0.4, -0.2) is 10.4 Å². The number of nitrogens with zero attached hydrogens (tertiary/aromatic N) is 1. The highest BCUT2D eigenvalue weighted by atomic mass is 35.5. The van der Waals surface area contributed by atoms with E-state index < -0.39 is 0 Å². The summed E-state index contributed by atoms with van der Waals surface area (Å²) in [6, 6.07) is 0. The van der Waals surface area contributed by atoms with Crippen molar-refractivity contribution in [2.45, 2.75) is 91.8 Å². The summed E-state index contributed by atoms with van der Waals surface area (Å²) < 4.78 is 15.5. The molecule has 0 bridgehead atoms. The van der Waals surface area contributed by atoms with E-state index >= 15 is 4.39 Å². The third-order valence-electron chi connectivity index (χ3n) is 4.73. The molecule has 2 rings (SSSR count). The highest BCUT2D eigenvalue weighted by Gasteiger charge is 2.39. The van der Waals surface area contributed by atoms with E-state index in [1.807, 2.05) is 0 Å². The second-order valence-electron chi connectivity index (χ2n) is 9.86. The Morgan fingerprint density at radius 2 is 1.22 bits per heavy atom. The van der Waals surface area contributed by atoms with Crippen molar-refractivity contribution in [2.24, 2.45) is 0 Å². The lowest BCUT2D eigenvalue weighted by atomic mass is 9.73. The summed E-state index contributed by atoms with van der Waals surface area (Å²) in [7, 11) is 0. The van der Waals surface area contributed by atoms with E-state index in [2.05, 4.69) is 67.2 Å². The van der Waals surface area contributed by atoms with Crippen LogP contribution >= 0.6 is 11.6 Å². The SMILES string of the molecule is CC(C)(C)c1c(F)c2c(c(Cl)c1C(C)(C)C)CN(C(C)(C)C)C2. The van der Waals surface area contributed by atoms with Crippen LogP contribution in [0, 0.1) is 5.82 Å². The average Bonchev–Trinajstić information content (AvgIpc) is 2.75. The van der Waals surface area contributed by atoms with E-state index in [0.29, 0.717) is 6.54 Å². The Morgan fingerprint density at radius 1 is 0.783 bits per heavy atom. The maximum atomic E-state index is 15.5. The zero-order valence-electron chi connectivity index (χ0n) is 16.1. The molecule has 1 heterocycles. The van der Waals surface area contributed by atoms with Gasteiger partial charge in [0.25, 0.3) is 0 Å². The monoisotopic (exact) mass is 339 g/mol. The van der Waals surface area contributed by atoms with E-state index in [9.17, 15) is 0 Å². The lowest BCUT2D eigenvalue weighted by molar-refractivity contribution is 0.135. The second kappa shape index (κ2) is 5.46. The maximum absolute atomic E-state index is 15.5. The van der Waals surface area contributed by atoms with Crippen molar-refractivity contribution >= 4 is 11.6 Å². The minimum absolute atomic E-state index is 0.00141. The first-order chi connectivity index (χ1) is 10.2. The van der Waals surface area contributed by atoms with Crippen LogP contribution in [0.15, 0.2) is 0 Å². The normalized spacial score (nSPS) is 16.8. The van der Waals surface area contributed by atoms with Gasteiger partial charge in [-0.1, -0.05) is 53.1 Å². The highest BCUT2D eigenvalue weighted by molar-refractivity contribution is 6.32. The van der Waals surface area contributed by atoms with Gasteiger partial charge in [0.15, 0.2) is 0 Å². The summed E-state index contributed by atoms with van der Waals surface area (Å²) in [5.74, 6) is -0.0476. The fourth-order valence-electron chi connectivity index (χ4n) is 3.44. The van der Waals surface area contributed by atoms with Crippen molar-refractivity contribution in [3.05, 3.63) is 33.1 Å². The molecule has 130 valence electrons. The van der Waals surface area contributed by atoms with Crippen molar-refractivity contribution in [3.8, 4) is 0 Å². The molecule has 0 spiro atoms. The van der Waals surface area contributed by atoms with Crippen molar-refractivity contribution in [3.63, 3.8) is 0 Å². The Morgan fingerprint density at radius 3 is 1.61 bits per heavy atom. The minimum Gasteiger partial charge on any atom is -0.290 e. The fourth-order valence-corrected chi connectivity index (χ4v) is 3.99. The molecule has 0 amide bonds. The standard InChI is InChI=1S/C20H31ClFN/c1-18(2,3)14-15(19(4,5)6)17(22)13-11-23(20(7,8)9)10-12(13)16(14)21/h10-11H2,1-9H3. The number of halogens is 2. The van der Waals surface area contributed by atoms with Crippen molar-refractivity contribution in [1.82, 2.24) is 4.90 Å². The van der Waals surface area contributed by atoms with Gasteiger partial charge in [0.1, 0.15) is 5.82 Å². The molecular weight excluding hydrogens is 309 g/mol. The number of fused-ring (bicyclic) bond motifs is 1. The maximum Gasteiger partial charge on any atom is 0.132 e. The first-order valence-corrected chi connectivity index (χ1v) is 8.82. The zero-order valence-corrected chi connectivity index (χ0v) is 16.9. The molecule has 0 aromatic heterocycles. The molecule has 1 aromatic carbocycles. The number of hydrogen-bond donors (Lipinski definition) is 0. The molecule has 0 unspecified atom stereocenters. The van der Waals surface area contributed by atoms with Crippen molar-refractivity contribution < 1.29 is 4.39 Å². The molecule has 0 N–H and O–H groups in total. The molecule has 1 aliphatic heterocycles. The van der Waals surface area contributed by atoms with Crippen LogP contribution in [0.5, 0.6) is 0 Å². The van der Waals surface area contributed by atoms with Crippen LogP contribution in [0.4, 0.5) is 4.39 Å². The summed E-state index contributed by atoms with van der Waals surface area (Å²) in [5, 5.41) is 0.769. The molecule has 3 heteroatoms. The van der Waals surface area contributed by atoms with Gasteiger partial charge in [-0.3, -0.25) is 4.90 Å². The molecule has 1 nitrogen and oxygen atoms in total. The molecule has 1 aromatic rings. The lowest BCUT2D eigenvalue weighted by Gasteiger charge is -2.33. The topological polar surface area (TPSA) is 3.24 Å². The first-order valence-electron chi connectivity index (χ1n) is 8.44. The minimum atomic E-state index is -0.277. The summed E-state index contributed by atoms with van der Waals surface area (Å²) in [4.78, 5) is 2.30. The van der Waals surface area contributed by atoms with Gasteiger partial charge in [0.2, 0.25) is 0 Å². The molecule has 0 saturated carbocycles. The summed E-state index contributed by atoms with van der Waals surface area (Å²) in [5.41, 5.74) is 3.06. The summed E-state index contributed by atoms with van der Waals surface area (Å²) >= 11 is 6.84. The Labute approximate surface area is 146 Å². The van der Waals surface area contributed by atoms with Gasteiger partial charge in [-0.05, 0) is 48.3 Å².